The SMILES string of the molecule is CC(C)c1ccc(N)cc1Cl.CCO/C=C(/C#N)C(=O)O. The summed E-state index contributed by atoms with van der Waals surface area (Å²) in [6.07, 6.45) is 0.933. The molecule has 0 aliphatic heterocycles. The summed E-state index contributed by atoms with van der Waals surface area (Å²) in [5.41, 5.74) is 7.03. The summed E-state index contributed by atoms with van der Waals surface area (Å²) in [6, 6.07) is 7.11. The van der Waals surface area contributed by atoms with Gasteiger partial charge in [-0.05, 0) is 30.5 Å². The van der Waals surface area contributed by atoms with E-state index in [4.69, 9.17) is 27.7 Å². The highest BCUT2D eigenvalue weighted by atomic mass is 35.5. The van der Waals surface area contributed by atoms with E-state index in [0.29, 0.717) is 12.5 Å². The molecule has 0 fully saturated rings. The van der Waals surface area contributed by atoms with E-state index < -0.39 is 5.97 Å². The zero-order valence-electron chi connectivity index (χ0n) is 12.3. The fourth-order valence-corrected chi connectivity index (χ4v) is 1.71. The highest BCUT2D eigenvalue weighted by Gasteiger charge is 2.04. The van der Waals surface area contributed by atoms with Gasteiger partial charge < -0.3 is 15.6 Å². The minimum atomic E-state index is -1.27. The summed E-state index contributed by atoms with van der Waals surface area (Å²) in [4.78, 5) is 10.1. The normalized spacial score (nSPS) is 10.4. The number of hydrogen-bond donors (Lipinski definition) is 2. The zero-order chi connectivity index (χ0) is 16.4. The Balaban J connectivity index is 0.000000384. The number of ether oxygens (including phenoxy) is 1. The molecule has 0 saturated carbocycles. The van der Waals surface area contributed by atoms with Gasteiger partial charge in [0.25, 0.3) is 0 Å². The Morgan fingerprint density at radius 1 is 1.57 bits per heavy atom. The Kier molecular flexibility index (Phi) is 8.66. The van der Waals surface area contributed by atoms with Gasteiger partial charge in [-0.25, -0.2) is 4.79 Å². The number of aliphatic carboxylic acids is 1. The number of carbonyl (C=O) groups is 1. The molecule has 0 spiro atoms. The van der Waals surface area contributed by atoms with Crippen LogP contribution in [-0.4, -0.2) is 17.7 Å². The van der Waals surface area contributed by atoms with Gasteiger partial charge in [0, 0.05) is 10.7 Å². The third kappa shape index (κ3) is 7.23. The molecule has 5 nitrogen and oxygen atoms in total. The van der Waals surface area contributed by atoms with Crippen LogP contribution < -0.4 is 5.73 Å². The molecule has 0 unspecified atom stereocenters. The summed E-state index contributed by atoms with van der Waals surface area (Å²) in [5, 5.41) is 17.1. The summed E-state index contributed by atoms with van der Waals surface area (Å²) in [6.45, 7) is 6.28. The van der Waals surface area contributed by atoms with Gasteiger partial charge in [-0.1, -0.05) is 31.5 Å². The molecule has 1 aromatic rings. The number of nitriles is 1. The number of hydrogen-bond acceptors (Lipinski definition) is 4. The largest absolute Gasteiger partial charge is 0.500 e. The van der Waals surface area contributed by atoms with E-state index in [1.54, 1.807) is 13.0 Å². The minimum absolute atomic E-state index is 0.360. The Morgan fingerprint density at radius 3 is 2.57 bits per heavy atom. The molecule has 6 heteroatoms. The molecule has 1 aromatic carbocycles. The predicted molar refractivity (Wildman–Crippen MR) is 82.9 cm³/mol. The van der Waals surface area contributed by atoms with E-state index in [2.05, 4.69) is 18.6 Å². The first kappa shape index (κ1) is 18.8. The van der Waals surface area contributed by atoms with Crippen LogP contribution in [0.2, 0.25) is 5.02 Å². The molecule has 21 heavy (non-hydrogen) atoms. The number of nitrogens with zero attached hydrogens (tertiary/aromatic N) is 1. The topological polar surface area (TPSA) is 96.3 Å². The molecule has 0 aromatic heterocycles. The maximum Gasteiger partial charge on any atom is 0.349 e. The Labute approximate surface area is 129 Å². The van der Waals surface area contributed by atoms with Crippen molar-refractivity contribution in [1.82, 2.24) is 0 Å². The van der Waals surface area contributed by atoms with Gasteiger partial charge in [0.15, 0.2) is 5.57 Å². The average molecular weight is 311 g/mol. The second-order valence-electron chi connectivity index (χ2n) is 4.34. The highest BCUT2D eigenvalue weighted by Crippen LogP contribution is 2.25. The van der Waals surface area contributed by atoms with Gasteiger partial charge in [0.05, 0.1) is 6.61 Å². The molecule has 0 saturated heterocycles. The molecule has 0 aliphatic carbocycles. The summed E-state index contributed by atoms with van der Waals surface area (Å²) in [7, 11) is 0. The van der Waals surface area contributed by atoms with Crippen molar-refractivity contribution in [3.05, 3.63) is 40.6 Å². The summed E-state index contributed by atoms with van der Waals surface area (Å²) < 4.78 is 4.58. The molecular weight excluding hydrogens is 292 g/mol. The molecule has 0 amide bonds. The van der Waals surface area contributed by atoms with Gasteiger partial charge in [-0.15, -0.1) is 0 Å². The molecule has 0 heterocycles. The van der Waals surface area contributed by atoms with Crippen LogP contribution in [0.5, 0.6) is 0 Å². The van der Waals surface area contributed by atoms with Gasteiger partial charge in [-0.2, -0.15) is 5.26 Å². The van der Waals surface area contributed by atoms with Crippen LogP contribution in [0.4, 0.5) is 5.69 Å². The second kappa shape index (κ2) is 9.67. The Hall–Kier alpha value is -2.19. The van der Waals surface area contributed by atoms with Crippen LogP contribution in [-0.2, 0) is 9.53 Å². The number of rotatable bonds is 4. The first-order valence-electron chi connectivity index (χ1n) is 6.33. The number of carboxylic acids is 1. The predicted octanol–water partition coefficient (Wildman–Crippen LogP) is 3.56. The molecule has 1 rings (SSSR count). The van der Waals surface area contributed by atoms with Gasteiger partial charge in [0.1, 0.15) is 12.3 Å². The Bertz CT molecular complexity index is 548. The lowest BCUT2D eigenvalue weighted by atomic mass is 10.0. The number of anilines is 1. The molecule has 0 radical (unpaired) electrons. The van der Waals surface area contributed by atoms with E-state index in [0.717, 1.165) is 22.5 Å². The van der Waals surface area contributed by atoms with E-state index in [9.17, 15) is 4.79 Å². The summed E-state index contributed by atoms with van der Waals surface area (Å²) in [5.74, 6) is -0.806. The number of halogens is 1. The lowest BCUT2D eigenvalue weighted by Crippen LogP contribution is -1.98. The van der Waals surface area contributed by atoms with Crippen molar-refractivity contribution in [1.29, 1.82) is 5.26 Å². The maximum atomic E-state index is 10.1. The fraction of sp³-hybridized carbons (Fsp3) is 0.333. The van der Waals surface area contributed by atoms with Crippen LogP contribution in [0.25, 0.3) is 0 Å². The third-order valence-electron chi connectivity index (χ3n) is 2.37. The van der Waals surface area contributed by atoms with Gasteiger partial charge in [0.2, 0.25) is 0 Å². The van der Waals surface area contributed by atoms with Crippen molar-refractivity contribution < 1.29 is 14.6 Å². The van der Waals surface area contributed by atoms with Crippen molar-refractivity contribution in [3.63, 3.8) is 0 Å². The summed E-state index contributed by atoms with van der Waals surface area (Å²) >= 11 is 5.94. The van der Waals surface area contributed by atoms with Crippen molar-refractivity contribution in [2.45, 2.75) is 26.7 Å². The molecule has 0 atom stereocenters. The number of benzene rings is 1. The van der Waals surface area contributed by atoms with Crippen LogP contribution in [0, 0.1) is 11.3 Å². The number of nitrogens with two attached hydrogens (primary N) is 1. The van der Waals surface area contributed by atoms with Crippen LogP contribution >= 0.6 is 11.6 Å². The average Bonchev–Trinajstić information content (AvgIpc) is 2.39. The van der Waals surface area contributed by atoms with Crippen molar-refractivity contribution >= 4 is 23.3 Å². The van der Waals surface area contributed by atoms with Crippen molar-refractivity contribution in [3.8, 4) is 6.07 Å². The molecule has 3 N–H and O–H groups in total. The van der Waals surface area contributed by atoms with E-state index in [-0.39, 0.29) is 5.57 Å². The zero-order valence-corrected chi connectivity index (χ0v) is 13.0. The standard InChI is InChI=1S/C9H12ClN.C6H7NO3/c1-6(2)8-4-3-7(11)5-9(8)10;1-2-10-4-5(3-7)6(8)9/h3-6H,11H2,1-2H3;4H,2H2,1H3,(H,8,9)/b;5-4-. The first-order valence-corrected chi connectivity index (χ1v) is 6.71. The quantitative estimate of drug-likeness (QED) is 0.383. The number of nitrogen functional groups attached to an aromatic ring is 1. The van der Waals surface area contributed by atoms with Gasteiger partial charge in [-0.3, -0.25) is 0 Å². The molecular formula is C15H19ClN2O3. The van der Waals surface area contributed by atoms with Gasteiger partial charge >= 0.3 is 5.97 Å². The third-order valence-corrected chi connectivity index (χ3v) is 2.69. The number of carboxylic acid groups (broad SMARTS) is 1. The maximum absolute atomic E-state index is 10.1. The van der Waals surface area contributed by atoms with Crippen LogP contribution in [0.1, 0.15) is 32.3 Å². The molecule has 0 bridgehead atoms. The van der Waals surface area contributed by atoms with Crippen LogP contribution in [0.15, 0.2) is 30.0 Å². The molecule has 0 aliphatic rings. The first-order chi connectivity index (χ1) is 9.83. The Morgan fingerprint density at radius 2 is 2.19 bits per heavy atom. The highest BCUT2D eigenvalue weighted by molar-refractivity contribution is 6.31. The minimum Gasteiger partial charge on any atom is -0.500 e. The lowest BCUT2D eigenvalue weighted by Gasteiger charge is -2.07. The lowest BCUT2D eigenvalue weighted by molar-refractivity contribution is -0.132. The molecule has 114 valence electrons. The van der Waals surface area contributed by atoms with Crippen LogP contribution in [0.3, 0.4) is 0 Å². The smallest absolute Gasteiger partial charge is 0.349 e. The van der Waals surface area contributed by atoms with E-state index in [1.807, 2.05) is 12.1 Å². The van der Waals surface area contributed by atoms with E-state index >= 15 is 0 Å². The monoisotopic (exact) mass is 310 g/mol. The second-order valence-corrected chi connectivity index (χ2v) is 4.75. The van der Waals surface area contributed by atoms with Crippen molar-refractivity contribution in [2.75, 3.05) is 12.3 Å². The fourth-order valence-electron chi connectivity index (χ4n) is 1.30. The van der Waals surface area contributed by atoms with E-state index in [1.165, 1.54) is 6.07 Å². The van der Waals surface area contributed by atoms with Crippen molar-refractivity contribution in [2.24, 2.45) is 0 Å².